The van der Waals surface area contributed by atoms with Gasteiger partial charge in [0, 0.05) is 13.6 Å². The minimum atomic E-state index is -0.976. The van der Waals surface area contributed by atoms with E-state index in [1.807, 2.05) is 54.6 Å². The van der Waals surface area contributed by atoms with Crippen LogP contribution < -0.4 is 4.74 Å². The Hall–Kier alpha value is -2.33. The van der Waals surface area contributed by atoms with Crippen LogP contribution in [0.5, 0.6) is 11.5 Å². The number of benzene rings is 2. The van der Waals surface area contributed by atoms with Gasteiger partial charge in [0.15, 0.2) is 0 Å². The number of aliphatic hydroxyl groups excluding tert-OH is 1. The minimum absolute atomic E-state index is 0.292. The van der Waals surface area contributed by atoms with Crippen molar-refractivity contribution in [3.8, 4) is 11.5 Å². The monoisotopic (exact) mass is 285 g/mol. The van der Waals surface area contributed by atoms with Gasteiger partial charge in [0.05, 0.1) is 0 Å². The molecular formula is C17H19NO3. The molecule has 0 fully saturated rings. The number of ether oxygens (including phenoxy) is 1. The van der Waals surface area contributed by atoms with Gasteiger partial charge < -0.3 is 14.7 Å². The van der Waals surface area contributed by atoms with Crippen LogP contribution in [0.15, 0.2) is 54.6 Å². The third-order valence-electron chi connectivity index (χ3n) is 3.06. The molecule has 1 N–H and O–H groups in total. The second-order valence-electron chi connectivity index (χ2n) is 4.93. The Kier molecular flexibility index (Phi) is 4.95. The van der Waals surface area contributed by atoms with Crippen LogP contribution in [0.2, 0.25) is 0 Å². The van der Waals surface area contributed by atoms with E-state index in [0.29, 0.717) is 6.54 Å². The van der Waals surface area contributed by atoms with Crippen LogP contribution >= 0.6 is 0 Å². The zero-order valence-electron chi connectivity index (χ0n) is 12.2. The first-order chi connectivity index (χ1) is 10.1. The fraction of sp³-hybridized carbons (Fsp3) is 0.235. The largest absolute Gasteiger partial charge is 0.457 e. The lowest BCUT2D eigenvalue weighted by Crippen LogP contribution is -2.34. The summed E-state index contributed by atoms with van der Waals surface area (Å²) in [5.41, 5.74) is 0.979. The molecule has 1 amide bonds. The fourth-order valence-electron chi connectivity index (χ4n) is 1.96. The first-order valence-corrected chi connectivity index (χ1v) is 6.81. The molecular weight excluding hydrogens is 266 g/mol. The van der Waals surface area contributed by atoms with E-state index in [-0.39, 0.29) is 5.91 Å². The summed E-state index contributed by atoms with van der Waals surface area (Å²) in [6.45, 7) is 1.92. The number of amides is 1. The normalized spacial score (nSPS) is 11.8. The maximum Gasteiger partial charge on any atom is 0.251 e. The number of hydrogen-bond donors (Lipinski definition) is 1. The van der Waals surface area contributed by atoms with Gasteiger partial charge in [-0.15, -0.1) is 0 Å². The van der Waals surface area contributed by atoms with Crippen LogP contribution in [-0.2, 0) is 11.3 Å². The summed E-state index contributed by atoms with van der Waals surface area (Å²) in [5, 5.41) is 9.27. The molecule has 4 nitrogen and oxygen atoms in total. The first kappa shape index (κ1) is 15.1. The Morgan fingerprint density at radius 1 is 1.10 bits per heavy atom. The van der Waals surface area contributed by atoms with E-state index in [0.717, 1.165) is 17.1 Å². The predicted octanol–water partition coefficient (Wildman–Crippen LogP) is 2.82. The minimum Gasteiger partial charge on any atom is -0.457 e. The maximum absolute atomic E-state index is 11.6. The molecule has 1 atom stereocenters. The van der Waals surface area contributed by atoms with Crippen LogP contribution in [0.25, 0.3) is 0 Å². The van der Waals surface area contributed by atoms with Crippen molar-refractivity contribution in [3.63, 3.8) is 0 Å². The molecule has 0 saturated carbocycles. The molecule has 2 rings (SSSR count). The number of para-hydroxylation sites is 1. The third kappa shape index (κ3) is 4.33. The molecule has 0 spiro atoms. The molecule has 0 aromatic heterocycles. The van der Waals surface area contributed by atoms with Gasteiger partial charge in [0.25, 0.3) is 5.91 Å². The van der Waals surface area contributed by atoms with E-state index < -0.39 is 6.10 Å². The van der Waals surface area contributed by atoms with Crippen molar-refractivity contribution in [2.75, 3.05) is 7.05 Å². The average Bonchev–Trinajstić information content (AvgIpc) is 2.49. The lowest BCUT2D eigenvalue weighted by atomic mass is 10.2. The van der Waals surface area contributed by atoms with Crippen LogP contribution in [0.1, 0.15) is 12.5 Å². The van der Waals surface area contributed by atoms with E-state index in [2.05, 4.69) is 0 Å². The van der Waals surface area contributed by atoms with Gasteiger partial charge in [-0.1, -0.05) is 30.3 Å². The number of carbonyl (C=O) groups is 1. The molecule has 0 bridgehead atoms. The number of rotatable bonds is 5. The summed E-state index contributed by atoms with van der Waals surface area (Å²) < 4.78 is 5.70. The summed E-state index contributed by atoms with van der Waals surface area (Å²) >= 11 is 0. The van der Waals surface area contributed by atoms with Crippen LogP contribution in [0.4, 0.5) is 0 Å². The second-order valence-corrected chi connectivity index (χ2v) is 4.93. The number of likely N-dealkylation sites (N-methyl/N-ethyl adjacent to an activating group) is 1. The highest BCUT2D eigenvalue weighted by molar-refractivity contribution is 5.79. The number of hydrogen-bond acceptors (Lipinski definition) is 3. The van der Waals surface area contributed by atoms with Crippen LogP contribution in [0.3, 0.4) is 0 Å². The van der Waals surface area contributed by atoms with Crippen molar-refractivity contribution in [1.29, 1.82) is 0 Å². The fourth-order valence-corrected chi connectivity index (χ4v) is 1.96. The van der Waals surface area contributed by atoms with Crippen LogP contribution in [0, 0.1) is 0 Å². The lowest BCUT2D eigenvalue weighted by molar-refractivity contribution is -0.138. The molecule has 2 aromatic rings. The van der Waals surface area contributed by atoms with Crippen LogP contribution in [-0.4, -0.2) is 29.1 Å². The van der Waals surface area contributed by atoms with Gasteiger partial charge in [-0.3, -0.25) is 4.79 Å². The quantitative estimate of drug-likeness (QED) is 0.919. The Labute approximate surface area is 124 Å². The number of carbonyl (C=O) groups excluding carboxylic acids is 1. The molecule has 0 aliphatic carbocycles. The zero-order valence-corrected chi connectivity index (χ0v) is 12.2. The Balaban J connectivity index is 1.97. The molecule has 0 unspecified atom stereocenters. The molecule has 4 heteroatoms. The molecule has 2 aromatic carbocycles. The number of nitrogens with zero attached hydrogens (tertiary/aromatic N) is 1. The Bertz CT molecular complexity index is 579. The van der Waals surface area contributed by atoms with E-state index in [4.69, 9.17) is 4.74 Å². The Morgan fingerprint density at radius 3 is 2.24 bits per heavy atom. The summed E-state index contributed by atoms with van der Waals surface area (Å²) in [6.07, 6.45) is -0.976. The predicted molar refractivity (Wildman–Crippen MR) is 81.1 cm³/mol. The maximum atomic E-state index is 11.6. The molecule has 110 valence electrons. The SMILES string of the molecule is C[C@@H](O)C(=O)N(C)Cc1ccc(Oc2ccccc2)cc1. The molecule has 21 heavy (non-hydrogen) atoms. The van der Waals surface area contributed by atoms with Gasteiger partial charge in [-0.2, -0.15) is 0 Å². The van der Waals surface area contributed by atoms with Gasteiger partial charge in [-0.25, -0.2) is 0 Å². The molecule has 0 saturated heterocycles. The van der Waals surface area contributed by atoms with Gasteiger partial charge in [0.1, 0.15) is 17.6 Å². The van der Waals surface area contributed by atoms with Crippen molar-refractivity contribution in [1.82, 2.24) is 4.90 Å². The van der Waals surface area contributed by atoms with Crippen molar-refractivity contribution in [3.05, 3.63) is 60.2 Å². The van der Waals surface area contributed by atoms with E-state index >= 15 is 0 Å². The third-order valence-corrected chi connectivity index (χ3v) is 3.06. The second kappa shape index (κ2) is 6.90. The van der Waals surface area contributed by atoms with Crippen molar-refractivity contribution < 1.29 is 14.6 Å². The smallest absolute Gasteiger partial charge is 0.251 e. The summed E-state index contributed by atoms with van der Waals surface area (Å²) in [6, 6.07) is 17.1. The van der Waals surface area contributed by atoms with Gasteiger partial charge >= 0.3 is 0 Å². The highest BCUT2D eigenvalue weighted by atomic mass is 16.5. The average molecular weight is 285 g/mol. The van der Waals surface area contributed by atoms with Gasteiger partial charge in [0.2, 0.25) is 0 Å². The standard InChI is InChI=1S/C17H19NO3/c1-13(19)17(20)18(2)12-14-8-10-16(11-9-14)21-15-6-4-3-5-7-15/h3-11,13,19H,12H2,1-2H3/t13-/m1/s1. The summed E-state index contributed by atoms with van der Waals surface area (Å²) in [5.74, 6) is 1.24. The van der Waals surface area contributed by atoms with Crippen molar-refractivity contribution in [2.24, 2.45) is 0 Å². The molecule has 0 radical (unpaired) electrons. The van der Waals surface area contributed by atoms with E-state index in [9.17, 15) is 9.90 Å². The van der Waals surface area contributed by atoms with Crippen molar-refractivity contribution >= 4 is 5.91 Å². The summed E-state index contributed by atoms with van der Waals surface area (Å²) in [7, 11) is 1.67. The van der Waals surface area contributed by atoms with E-state index in [1.165, 1.54) is 11.8 Å². The van der Waals surface area contributed by atoms with E-state index in [1.54, 1.807) is 7.05 Å². The van der Waals surface area contributed by atoms with Gasteiger partial charge in [-0.05, 0) is 36.8 Å². The topological polar surface area (TPSA) is 49.8 Å². The highest BCUT2D eigenvalue weighted by Crippen LogP contribution is 2.21. The Morgan fingerprint density at radius 2 is 1.67 bits per heavy atom. The molecule has 0 aliphatic heterocycles. The first-order valence-electron chi connectivity index (χ1n) is 6.81. The van der Waals surface area contributed by atoms with Crippen molar-refractivity contribution in [2.45, 2.75) is 19.6 Å². The number of aliphatic hydroxyl groups is 1. The molecule has 0 aliphatic rings. The highest BCUT2D eigenvalue weighted by Gasteiger charge is 2.14. The summed E-state index contributed by atoms with van der Waals surface area (Å²) in [4.78, 5) is 13.1. The molecule has 0 heterocycles. The lowest BCUT2D eigenvalue weighted by Gasteiger charge is -2.19. The zero-order chi connectivity index (χ0) is 15.2.